The Morgan fingerprint density at radius 2 is 1.58 bits per heavy atom. The zero-order valence-electron chi connectivity index (χ0n) is 21.2. The molecule has 1 aliphatic rings. The van der Waals surface area contributed by atoms with Crippen molar-refractivity contribution < 1.29 is 18.9 Å². The second-order valence-electron chi connectivity index (χ2n) is 9.26. The first kappa shape index (κ1) is 24.4. The number of ether oxygens (including phenoxy) is 4. The quantitative estimate of drug-likeness (QED) is 0.170. The van der Waals surface area contributed by atoms with Crippen molar-refractivity contribution in [2.75, 3.05) is 18.7 Å². The Labute approximate surface area is 230 Å². The van der Waals surface area contributed by atoms with Crippen LogP contribution in [0, 0.1) is 6.92 Å². The molecule has 1 aliphatic heterocycles. The molecule has 0 atom stereocenters. The minimum Gasteiger partial charge on any atom is -0.493 e. The van der Waals surface area contributed by atoms with E-state index in [1.807, 2.05) is 36.4 Å². The van der Waals surface area contributed by atoms with Gasteiger partial charge in [-0.3, -0.25) is 0 Å². The van der Waals surface area contributed by atoms with Crippen LogP contribution in [-0.2, 0) is 13.2 Å². The van der Waals surface area contributed by atoms with Gasteiger partial charge in [-0.25, -0.2) is 0 Å². The van der Waals surface area contributed by atoms with Crippen LogP contribution in [0.2, 0.25) is 0 Å². The minimum atomic E-state index is 0.256. The van der Waals surface area contributed by atoms with Crippen LogP contribution in [-0.4, -0.2) is 23.3 Å². The average molecular weight is 570 g/mol. The maximum Gasteiger partial charge on any atom is 0.231 e. The molecule has 5 nitrogen and oxygen atoms in total. The number of alkyl halides is 1. The summed E-state index contributed by atoms with van der Waals surface area (Å²) in [6.45, 7) is 4.33. The van der Waals surface area contributed by atoms with E-state index < -0.39 is 0 Å². The molecule has 0 fully saturated rings. The number of hydrogen-bond acceptors (Lipinski definition) is 4. The van der Waals surface area contributed by atoms with Crippen LogP contribution in [0.3, 0.4) is 0 Å². The Hall–Kier alpha value is -3.90. The summed E-state index contributed by atoms with van der Waals surface area (Å²) in [4.78, 5) is 0. The standard InChI is InChI=1S/C32H28BrNO4/c1-22-28-18-27(36-20-24-5-3-2-4-6-24)12-13-29(28)34(19-23-7-10-26(11-8-23)35-16-15-33)32(22)25-9-14-30-31(17-25)38-21-37-30/h2-14,17-18H,15-16,19-21H2,1H3. The highest BCUT2D eigenvalue weighted by Gasteiger charge is 2.20. The van der Waals surface area contributed by atoms with E-state index in [1.54, 1.807) is 0 Å². The third-order valence-corrected chi connectivity index (χ3v) is 7.12. The summed E-state index contributed by atoms with van der Waals surface area (Å²) in [6.07, 6.45) is 0. The molecule has 2 heterocycles. The molecular formula is C32H28BrNO4. The summed E-state index contributed by atoms with van der Waals surface area (Å²) >= 11 is 3.41. The number of hydrogen-bond donors (Lipinski definition) is 0. The predicted molar refractivity (Wildman–Crippen MR) is 154 cm³/mol. The van der Waals surface area contributed by atoms with Gasteiger partial charge in [0.1, 0.15) is 18.1 Å². The van der Waals surface area contributed by atoms with Crippen molar-refractivity contribution in [3.8, 4) is 34.3 Å². The summed E-state index contributed by atoms with van der Waals surface area (Å²) < 4.78 is 25.6. The number of rotatable bonds is 9. The van der Waals surface area contributed by atoms with Gasteiger partial charge in [0.2, 0.25) is 6.79 Å². The Morgan fingerprint density at radius 3 is 2.39 bits per heavy atom. The van der Waals surface area contributed by atoms with Gasteiger partial charge in [0.05, 0.1) is 12.3 Å². The molecule has 0 radical (unpaired) electrons. The Balaban J connectivity index is 1.39. The molecule has 5 aromatic rings. The van der Waals surface area contributed by atoms with Crippen LogP contribution in [0.1, 0.15) is 16.7 Å². The number of nitrogens with zero attached hydrogens (tertiary/aromatic N) is 1. The van der Waals surface area contributed by atoms with Crippen molar-refractivity contribution in [2.45, 2.75) is 20.1 Å². The Bertz CT molecular complexity index is 1560. The van der Waals surface area contributed by atoms with Crippen LogP contribution >= 0.6 is 15.9 Å². The molecule has 0 unspecified atom stereocenters. The number of benzene rings is 4. The molecule has 6 rings (SSSR count). The largest absolute Gasteiger partial charge is 0.493 e. The maximum absolute atomic E-state index is 6.17. The molecule has 0 N–H and O–H groups in total. The Kier molecular flexibility index (Phi) is 6.97. The van der Waals surface area contributed by atoms with Crippen LogP contribution in [0.5, 0.6) is 23.0 Å². The first-order valence-electron chi connectivity index (χ1n) is 12.7. The lowest BCUT2D eigenvalue weighted by molar-refractivity contribution is 0.174. The molecule has 6 heteroatoms. The lowest BCUT2D eigenvalue weighted by Crippen LogP contribution is -2.03. The van der Waals surface area contributed by atoms with Gasteiger partial charge >= 0.3 is 0 Å². The van der Waals surface area contributed by atoms with E-state index in [0.29, 0.717) is 13.2 Å². The number of aryl methyl sites for hydroxylation is 1. The lowest BCUT2D eigenvalue weighted by Gasteiger charge is -2.14. The molecule has 1 aromatic heterocycles. The van der Waals surface area contributed by atoms with Crippen molar-refractivity contribution >= 4 is 26.8 Å². The second kappa shape index (κ2) is 10.8. The molecule has 0 amide bonds. The summed E-state index contributed by atoms with van der Waals surface area (Å²) in [5.74, 6) is 3.29. The van der Waals surface area contributed by atoms with Crippen LogP contribution < -0.4 is 18.9 Å². The number of halogens is 1. The molecule has 192 valence electrons. The van der Waals surface area contributed by atoms with Crippen molar-refractivity contribution in [1.29, 1.82) is 0 Å². The summed E-state index contributed by atoms with van der Waals surface area (Å²) in [7, 11) is 0. The molecule has 38 heavy (non-hydrogen) atoms. The van der Waals surface area contributed by atoms with Crippen LogP contribution in [0.15, 0.2) is 91.0 Å². The highest BCUT2D eigenvalue weighted by atomic mass is 79.9. The fourth-order valence-electron chi connectivity index (χ4n) is 4.94. The van der Waals surface area contributed by atoms with Gasteiger partial charge in [-0.1, -0.05) is 58.4 Å². The first-order valence-corrected chi connectivity index (χ1v) is 13.8. The van der Waals surface area contributed by atoms with E-state index in [4.69, 9.17) is 18.9 Å². The van der Waals surface area contributed by atoms with E-state index in [9.17, 15) is 0 Å². The third kappa shape index (κ3) is 4.96. The molecule has 0 bridgehead atoms. The van der Waals surface area contributed by atoms with Gasteiger partial charge in [-0.15, -0.1) is 0 Å². The van der Waals surface area contributed by atoms with E-state index in [-0.39, 0.29) is 6.79 Å². The van der Waals surface area contributed by atoms with Gasteiger partial charge < -0.3 is 23.5 Å². The van der Waals surface area contributed by atoms with E-state index in [2.05, 4.69) is 82.0 Å². The maximum atomic E-state index is 6.17. The minimum absolute atomic E-state index is 0.256. The fraction of sp³-hybridized carbons (Fsp3) is 0.188. The molecule has 4 aromatic carbocycles. The van der Waals surface area contributed by atoms with Crippen molar-refractivity contribution in [1.82, 2.24) is 4.57 Å². The van der Waals surface area contributed by atoms with Crippen molar-refractivity contribution in [3.63, 3.8) is 0 Å². The molecule has 0 aliphatic carbocycles. The van der Waals surface area contributed by atoms with Gasteiger partial charge in [0.25, 0.3) is 0 Å². The second-order valence-corrected chi connectivity index (χ2v) is 10.1. The fourth-order valence-corrected chi connectivity index (χ4v) is 5.10. The van der Waals surface area contributed by atoms with Crippen LogP contribution in [0.25, 0.3) is 22.2 Å². The van der Waals surface area contributed by atoms with E-state index >= 15 is 0 Å². The molecule has 0 spiro atoms. The molecule has 0 saturated carbocycles. The van der Waals surface area contributed by atoms with Gasteiger partial charge in [0, 0.05) is 28.3 Å². The lowest BCUT2D eigenvalue weighted by atomic mass is 10.1. The average Bonchev–Trinajstić information content (AvgIpc) is 3.54. The van der Waals surface area contributed by atoms with Gasteiger partial charge in [0.15, 0.2) is 11.5 Å². The van der Waals surface area contributed by atoms with E-state index in [0.717, 1.165) is 57.2 Å². The zero-order chi connectivity index (χ0) is 25.9. The first-order chi connectivity index (χ1) is 18.7. The molecule has 0 saturated heterocycles. The van der Waals surface area contributed by atoms with Crippen molar-refractivity contribution in [2.24, 2.45) is 0 Å². The summed E-state index contributed by atoms with van der Waals surface area (Å²) in [5.41, 5.74) is 6.93. The highest BCUT2D eigenvalue weighted by Crippen LogP contribution is 2.40. The molecular weight excluding hydrogens is 542 g/mol. The van der Waals surface area contributed by atoms with Gasteiger partial charge in [-0.2, -0.15) is 0 Å². The topological polar surface area (TPSA) is 41.9 Å². The zero-order valence-corrected chi connectivity index (χ0v) is 22.7. The van der Waals surface area contributed by atoms with E-state index in [1.165, 1.54) is 16.5 Å². The Morgan fingerprint density at radius 1 is 0.789 bits per heavy atom. The van der Waals surface area contributed by atoms with Crippen LogP contribution in [0.4, 0.5) is 0 Å². The van der Waals surface area contributed by atoms with Crippen molar-refractivity contribution in [3.05, 3.63) is 108 Å². The van der Waals surface area contributed by atoms with Gasteiger partial charge in [-0.05, 0) is 72.1 Å². The third-order valence-electron chi connectivity index (χ3n) is 6.79. The summed E-state index contributed by atoms with van der Waals surface area (Å²) in [6, 6.07) is 31.1. The summed E-state index contributed by atoms with van der Waals surface area (Å²) in [5, 5.41) is 1.97. The number of aromatic nitrogens is 1. The SMILES string of the molecule is Cc1c(-c2ccc3c(c2)OCO3)n(Cc2ccc(OCCBr)cc2)c2ccc(OCc3ccccc3)cc12. The number of fused-ring (bicyclic) bond motifs is 2. The highest BCUT2D eigenvalue weighted by molar-refractivity contribution is 9.09. The monoisotopic (exact) mass is 569 g/mol. The smallest absolute Gasteiger partial charge is 0.231 e. The normalized spacial score (nSPS) is 12.2. The predicted octanol–water partition coefficient (Wildman–Crippen LogP) is 7.75.